The number of carbonyl (C=O) groups excluding carboxylic acids is 1. The largest absolute Gasteiger partial charge is 0.491 e. The highest BCUT2D eigenvalue weighted by Gasteiger charge is 2.13. The number of aromatic nitrogens is 1. The fraction of sp³-hybridized carbons (Fsp3) is 0.273. The van der Waals surface area contributed by atoms with Gasteiger partial charge in [0.15, 0.2) is 0 Å². The van der Waals surface area contributed by atoms with Crippen LogP contribution in [-0.2, 0) is 6.42 Å². The highest BCUT2D eigenvalue weighted by Crippen LogP contribution is 2.36. The number of hydrogen-bond acceptors (Lipinski definition) is 4. The van der Waals surface area contributed by atoms with Gasteiger partial charge < -0.3 is 4.74 Å². The van der Waals surface area contributed by atoms with Crippen LogP contribution in [0.4, 0.5) is 0 Å². The summed E-state index contributed by atoms with van der Waals surface area (Å²) in [6.07, 6.45) is 3.80. The number of benzene rings is 2. The average molecular weight is 365 g/mol. The van der Waals surface area contributed by atoms with Crippen molar-refractivity contribution in [3.63, 3.8) is 0 Å². The Kier molecular flexibility index (Phi) is 5.52. The van der Waals surface area contributed by atoms with Gasteiger partial charge in [-0.25, -0.2) is 4.98 Å². The van der Waals surface area contributed by atoms with Crippen molar-refractivity contribution in [2.45, 2.75) is 40.2 Å². The molecule has 0 fully saturated rings. The highest BCUT2D eigenvalue weighted by molar-refractivity contribution is 7.18. The van der Waals surface area contributed by atoms with Crippen molar-refractivity contribution in [1.82, 2.24) is 4.98 Å². The molecule has 134 valence electrons. The molecular weight excluding hydrogens is 342 g/mol. The summed E-state index contributed by atoms with van der Waals surface area (Å²) < 4.78 is 5.82. The monoisotopic (exact) mass is 365 g/mol. The van der Waals surface area contributed by atoms with Gasteiger partial charge in [0.1, 0.15) is 17.0 Å². The Bertz CT molecular complexity index is 928. The van der Waals surface area contributed by atoms with Crippen molar-refractivity contribution < 1.29 is 9.53 Å². The van der Waals surface area contributed by atoms with E-state index in [0.29, 0.717) is 0 Å². The first kappa shape index (κ1) is 18.3. The maximum atomic E-state index is 11.3. The van der Waals surface area contributed by atoms with Crippen LogP contribution < -0.4 is 4.74 Å². The molecule has 0 atom stereocenters. The van der Waals surface area contributed by atoms with Crippen LogP contribution in [0.15, 0.2) is 42.6 Å². The molecule has 0 aliphatic rings. The molecule has 0 bridgehead atoms. The number of ether oxygens (including phenoxy) is 1. The normalized spacial score (nSPS) is 11.0. The maximum Gasteiger partial charge on any atom is 0.150 e. The van der Waals surface area contributed by atoms with Gasteiger partial charge in [-0.1, -0.05) is 25.1 Å². The third-order valence-electron chi connectivity index (χ3n) is 4.25. The molecule has 1 heterocycles. The van der Waals surface area contributed by atoms with Gasteiger partial charge in [-0.3, -0.25) is 4.79 Å². The molecule has 2 aromatic carbocycles. The second-order valence-electron chi connectivity index (χ2n) is 6.52. The van der Waals surface area contributed by atoms with Gasteiger partial charge in [0.2, 0.25) is 0 Å². The van der Waals surface area contributed by atoms with Gasteiger partial charge in [0.05, 0.1) is 11.0 Å². The lowest BCUT2D eigenvalue weighted by molar-refractivity contribution is 0.112. The lowest BCUT2D eigenvalue weighted by Crippen LogP contribution is -2.06. The molecule has 0 radical (unpaired) electrons. The summed E-state index contributed by atoms with van der Waals surface area (Å²) in [5.41, 5.74) is 5.11. The molecular formula is C22H23NO2S. The van der Waals surface area contributed by atoms with E-state index in [1.54, 1.807) is 11.3 Å². The Hall–Kier alpha value is -2.46. The summed E-state index contributed by atoms with van der Waals surface area (Å²) in [4.78, 5) is 17.0. The van der Waals surface area contributed by atoms with Crippen LogP contribution in [0.1, 0.15) is 42.3 Å². The van der Waals surface area contributed by atoms with Crippen molar-refractivity contribution in [2.24, 2.45) is 0 Å². The van der Waals surface area contributed by atoms with E-state index in [2.05, 4.69) is 37.0 Å². The number of thiazole rings is 1. The number of hydrogen-bond donors (Lipinski definition) is 0. The van der Waals surface area contributed by atoms with Crippen molar-refractivity contribution in [1.29, 1.82) is 0 Å². The molecule has 0 aliphatic carbocycles. The van der Waals surface area contributed by atoms with Crippen LogP contribution in [0.2, 0.25) is 0 Å². The summed E-state index contributed by atoms with van der Waals surface area (Å²) in [7, 11) is 0. The van der Waals surface area contributed by atoms with Gasteiger partial charge in [0.25, 0.3) is 0 Å². The molecule has 4 heteroatoms. The van der Waals surface area contributed by atoms with E-state index in [1.165, 1.54) is 0 Å². The molecule has 0 aliphatic heterocycles. The highest BCUT2D eigenvalue weighted by atomic mass is 32.1. The number of aldehydes is 1. The van der Waals surface area contributed by atoms with Gasteiger partial charge in [-0.05, 0) is 62.1 Å². The van der Waals surface area contributed by atoms with Gasteiger partial charge in [-0.2, -0.15) is 0 Å². The molecule has 0 spiro atoms. The first-order valence-electron chi connectivity index (χ1n) is 8.84. The lowest BCUT2D eigenvalue weighted by Gasteiger charge is -2.12. The van der Waals surface area contributed by atoms with E-state index >= 15 is 0 Å². The maximum absolute atomic E-state index is 11.3. The van der Waals surface area contributed by atoms with Gasteiger partial charge >= 0.3 is 0 Å². The van der Waals surface area contributed by atoms with E-state index in [-0.39, 0.29) is 6.10 Å². The molecule has 1 aromatic heterocycles. The Morgan fingerprint density at radius 2 is 2.04 bits per heavy atom. The summed E-state index contributed by atoms with van der Waals surface area (Å²) in [6.45, 7) is 8.18. The zero-order valence-electron chi connectivity index (χ0n) is 15.6. The SMILES string of the molecule is CCc1c(C=O)cccc1-c1cnc(-c2ccc(OC(C)C)c(C)c2)s1. The molecule has 3 rings (SSSR count). The standard InChI is InChI=1S/C22H23NO2S/c1-5-18-17(13-24)7-6-8-19(18)21-12-23-22(26-21)16-9-10-20(15(4)11-16)25-14(2)3/h6-14H,5H2,1-4H3. The van der Waals surface area contributed by atoms with Gasteiger partial charge in [0, 0.05) is 17.3 Å². The van der Waals surface area contributed by atoms with E-state index in [1.807, 2.05) is 38.2 Å². The summed E-state index contributed by atoms with van der Waals surface area (Å²) in [5.74, 6) is 0.910. The van der Waals surface area contributed by atoms with Crippen LogP contribution in [0, 0.1) is 6.92 Å². The lowest BCUT2D eigenvalue weighted by atomic mass is 9.99. The molecule has 3 aromatic rings. The minimum absolute atomic E-state index is 0.156. The third-order valence-corrected chi connectivity index (χ3v) is 5.33. The minimum atomic E-state index is 0.156. The van der Waals surface area contributed by atoms with E-state index < -0.39 is 0 Å². The van der Waals surface area contributed by atoms with E-state index in [0.717, 1.165) is 56.2 Å². The van der Waals surface area contributed by atoms with Crippen LogP contribution in [-0.4, -0.2) is 17.4 Å². The van der Waals surface area contributed by atoms with Crippen molar-refractivity contribution in [3.8, 4) is 26.8 Å². The number of rotatable bonds is 6. The van der Waals surface area contributed by atoms with Crippen molar-refractivity contribution in [3.05, 3.63) is 59.3 Å². The first-order valence-corrected chi connectivity index (χ1v) is 9.66. The molecule has 3 nitrogen and oxygen atoms in total. The fourth-order valence-corrected chi connectivity index (χ4v) is 4.01. The predicted octanol–water partition coefficient (Wildman–Crippen LogP) is 5.95. The first-order chi connectivity index (χ1) is 12.5. The zero-order valence-corrected chi connectivity index (χ0v) is 16.4. The summed E-state index contributed by atoms with van der Waals surface area (Å²) in [5, 5.41) is 0.970. The van der Waals surface area contributed by atoms with Crippen LogP contribution in [0.25, 0.3) is 21.0 Å². The number of carbonyl (C=O) groups is 1. The van der Waals surface area contributed by atoms with Crippen LogP contribution in [0.3, 0.4) is 0 Å². The third kappa shape index (κ3) is 3.70. The van der Waals surface area contributed by atoms with Gasteiger partial charge in [-0.15, -0.1) is 11.3 Å². The molecule has 26 heavy (non-hydrogen) atoms. The summed E-state index contributed by atoms with van der Waals surface area (Å²) >= 11 is 1.65. The zero-order chi connectivity index (χ0) is 18.7. The smallest absolute Gasteiger partial charge is 0.150 e. The number of nitrogens with zero attached hydrogens (tertiary/aromatic N) is 1. The average Bonchev–Trinajstić information content (AvgIpc) is 3.12. The molecule has 0 unspecified atom stereocenters. The second kappa shape index (κ2) is 7.83. The van der Waals surface area contributed by atoms with E-state index in [4.69, 9.17) is 4.74 Å². The Morgan fingerprint density at radius 1 is 1.23 bits per heavy atom. The topological polar surface area (TPSA) is 39.2 Å². The van der Waals surface area contributed by atoms with E-state index in [9.17, 15) is 4.79 Å². The molecule has 0 amide bonds. The Balaban J connectivity index is 1.96. The Labute approximate surface area is 158 Å². The fourth-order valence-electron chi connectivity index (χ4n) is 3.04. The quantitative estimate of drug-likeness (QED) is 0.507. The van der Waals surface area contributed by atoms with Crippen LogP contribution >= 0.6 is 11.3 Å². The number of aryl methyl sites for hydroxylation is 1. The minimum Gasteiger partial charge on any atom is -0.491 e. The van der Waals surface area contributed by atoms with Crippen molar-refractivity contribution in [2.75, 3.05) is 0 Å². The predicted molar refractivity (Wildman–Crippen MR) is 108 cm³/mol. The van der Waals surface area contributed by atoms with Crippen LogP contribution in [0.5, 0.6) is 5.75 Å². The molecule has 0 saturated carbocycles. The second-order valence-corrected chi connectivity index (χ2v) is 7.55. The summed E-state index contributed by atoms with van der Waals surface area (Å²) in [6, 6.07) is 12.0. The Morgan fingerprint density at radius 3 is 2.69 bits per heavy atom. The van der Waals surface area contributed by atoms with Crippen molar-refractivity contribution >= 4 is 17.6 Å². The molecule has 0 N–H and O–H groups in total. The molecule has 0 saturated heterocycles.